The van der Waals surface area contributed by atoms with E-state index in [4.69, 9.17) is 4.74 Å². The smallest absolute Gasteiger partial charge is 0.206 e. The van der Waals surface area contributed by atoms with E-state index in [1.807, 2.05) is 30.3 Å². The Morgan fingerprint density at radius 1 is 1.42 bits per heavy atom. The quantitative estimate of drug-likeness (QED) is 0.672. The van der Waals surface area contributed by atoms with E-state index in [2.05, 4.69) is 6.92 Å². The zero-order valence-electron chi connectivity index (χ0n) is 7.09. The van der Waals surface area contributed by atoms with E-state index in [-0.39, 0.29) is 6.61 Å². The molecule has 0 aliphatic heterocycles. The second kappa shape index (κ2) is 3.68. The molecule has 1 aromatic rings. The normalized spacial score (nSPS) is 11.6. The van der Waals surface area contributed by atoms with Crippen LogP contribution in [0.4, 0.5) is 4.39 Å². The predicted octanol–water partition coefficient (Wildman–Crippen LogP) is 2.72. The third kappa shape index (κ3) is 3.49. The van der Waals surface area contributed by atoms with Crippen LogP contribution in [-0.2, 0) is 11.3 Å². The van der Waals surface area contributed by atoms with Crippen molar-refractivity contribution in [3.05, 3.63) is 42.8 Å². The van der Waals surface area contributed by atoms with Gasteiger partial charge in [-0.3, -0.25) is 0 Å². The number of hydrogen-bond donors (Lipinski definition) is 0. The van der Waals surface area contributed by atoms with E-state index in [0.717, 1.165) is 5.56 Å². The standard InChI is InChI=1S/C10H12FO/c1-10(2,11)12-8-9-6-4-3-5-7-9/h3-7H,1,8H2,2H3. The first-order chi connectivity index (χ1) is 5.58. The van der Waals surface area contributed by atoms with Crippen molar-refractivity contribution >= 4 is 0 Å². The van der Waals surface area contributed by atoms with Crippen LogP contribution >= 0.6 is 0 Å². The summed E-state index contributed by atoms with van der Waals surface area (Å²) in [5.41, 5.74) is 0.949. The van der Waals surface area contributed by atoms with Gasteiger partial charge < -0.3 is 4.74 Å². The fraction of sp³-hybridized carbons (Fsp3) is 0.300. The monoisotopic (exact) mass is 167 g/mol. The van der Waals surface area contributed by atoms with Crippen LogP contribution in [-0.4, -0.2) is 5.85 Å². The molecule has 0 heterocycles. The Labute approximate surface area is 72.2 Å². The van der Waals surface area contributed by atoms with Gasteiger partial charge in [0.2, 0.25) is 5.85 Å². The highest BCUT2D eigenvalue weighted by Crippen LogP contribution is 2.12. The average molecular weight is 167 g/mol. The molecular weight excluding hydrogens is 155 g/mol. The van der Waals surface area contributed by atoms with E-state index in [0.29, 0.717) is 0 Å². The molecule has 0 fully saturated rings. The third-order valence-electron chi connectivity index (χ3n) is 1.38. The first-order valence-corrected chi connectivity index (χ1v) is 3.80. The number of ether oxygens (including phenoxy) is 1. The molecule has 0 N–H and O–H groups in total. The Morgan fingerprint density at radius 3 is 2.50 bits per heavy atom. The van der Waals surface area contributed by atoms with Gasteiger partial charge in [0.1, 0.15) is 0 Å². The van der Waals surface area contributed by atoms with Crippen LogP contribution in [0.3, 0.4) is 0 Å². The lowest BCUT2D eigenvalue weighted by Gasteiger charge is -2.14. The molecule has 0 saturated carbocycles. The Bertz CT molecular complexity index is 225. The van der Waals surface area contributed by atoms with Crippen molar-refractivity contribution in [1.29, 1.82) is 0 Å². The van der Waals surface area contributed by atoms with Crippen molar-refractivity contribution in [1.82, 2.24) is 0 Å². The molecule has 0 saturated heterocycles. The van der Waals surface area contributed by atoms with Gasteiger partial charge in [0.15, 0.2) is 0 Å². The maximum atomic E-state index is 12.7. The summed E-state index contributed by atoms with van der Waals surface area (Å²) < 4.78 is 17.6. The Hall–Kier alpha value is -0.890. The van der Waals surface area contributed by atoms with Gasteiger partial charge in [-0.1, -0.05) is 30.3 Å². The lowest BCUT2D eigenvalue weighted by molar-refractivity contribution is -0.104. The van der Waals surface area contributed by atoms with E-state index >= 15 is 0 Å². The average Bonchev–Trinajstić information content (AvgIpc) is 2.02. The summed E-state index contributed by atoms with van der Waals surface area (Å²) in [4.78, 5) is 0. The van der Waals surface area contributed by atoms with Gasteiger partial charge in [-0.2, -0.15) is 0 Å². The molecule has 2 heteroatoms. The van der Waals surface area contributed by atoms with E-state index < -0.39 is 5.85 Å². The van der Waals surface area contributed by atoms with Crippen molar-refractivity contribution in [2.45, 2.75) is 19.4 Å². The Balaban J connectivity index is 2.44. The third-order valence-corrected chi connectivity index (χ3v) is 1.38. The molecule has 1 radical (unpaired) electrons. The van der Waals surface area contributed by atoms with E-state index in [1.165, 1.54) is 6.92 Å². The van der Waals surface area contributed by atoms with Gasteiger partial charge in [-0.15, -0.1) is 0 Å². The summed E-state index contributed by atoms with van der Waals surface area (Å²) in [7, 11) is 0. The molecule has 0 aliphatic carbocycles. The largest absolute Gasteiger partial charge is 0.341 e. The minimum absolute atomic E-state index is 0.261. The summed E-state index contributed by atoms with van der Waals surface area (Å²) in [5, 5.41) is 0. The van der Waals surface area contributed by atoms with Crippen molar-refractivity contribution in [2.75, 3.05) is 0 Å². The van der Waals surface area contributed by atoms with Gasteiger partial charge in [-0.05, 0) is 12.5 Å². The minimum Gasteiger partial charge on any atom is -0.341 e. The topological polar surface area (TPSA) is 9.23 Å². The second-order valence-electron chi connectivity index (χ2n) is 2.88. The Kier molecular flexibility index (Phi) is 2.82. The van der Waals surface area contributed by atoms with Gasteiger partial charge in [0.05, 0.1) is 6.61 Å². The highest BCUT2D eigenvalue weighted by atomic mass is 19.2. The maximum absolute atomic E-state index is 12.7. The fourth-order valence-corrected chi connectivity index (χ4v) is 0.808. The first kappa shape index (κ1) is 9.20. The van der Waals surface area contributed by atoms with Gasteiger partial charge in [0.25, 0.3) is 0 Å². The minimum atomic E-state index is -1.80. The molecule has 0 aliphatic rings. The molecule has 1 unspecified atom stereocenters. The van der Waals surface area contributed by atoms with Crippen LogP contribution in [0.25, 0.3) is 0 Å². The molecule has 1 rings (SSSR count). The lowest BCUT2D eigenvalue weighted by Crippen LogP contribution is -2.17. The molecule has 0 bridgehead atoms. The molecule has 1 aromatic carbocycles. The summed E-state index contributed by atoms with van der Waals surface area (Å²) in [6.07, 6.45) is 0. The number of alkyl halides is 1. The number of rotatable bonds is 3. The van der Waals surface area contributed by atoms with E-state index in [9.17, 15) is 4.39 Å². The zero-order valence-corrected chi connectivity index (χ0v) is 7.09. The molecule has 0 aromatic heterocycles. The highest BCUT2D eigenvalue weighted by molar-refractivity contribution is 5.13. The SMILES string of the molecule is [CH2]C(C)(F)OCc1ccccc1. The van der Waals surface area contributed by atoms with Crippen molar-refractivity contribution in [2.24, 2.45) is 0 Å². The predicted molar refractivity (Wildman–Crippen MR) is 46.1 cm³/mol. The van der Waals surface area contributed by atoms with Crippen LogP contribution in [0.5, 0.6) is 0 Å². The van der Waals surface area contributed by atoms with Gasteiger partial charge in [0, 0.05) is 6.92 Å². The molecule has 65 valence electrons. The molecule has 0 amide bonds. The van der Waals surface area contributed by atoms with Crippen LogP contribution in [0, 0.1) is 6.92 Å². The summed E-state index contributed by atoms with van der Waals surface area (Å²) in [6.45, 7) is 4.75. The second-order valence-corrected chi connectivity index (χ2v) is 2.88. The summed E-state index contributed by atoms with van der Waals surface area (Å²) in [5.74, 6) is -1.80. The van der Waals surface area contributed by atoms with Crippen LogP contribution in [0.2, 0.25) is 0 Å². The van der Waals surface area contributed by atoms with Crippen LogP contribution in [0.1, 0.15) is 12.5 Å². The summed E-state index contributed by atoms with van der Waals surface area (Å²) in [6, 6.07) is 9.44. The van der Waals surface area contributed by atoms with E-state index in [1.54, 1.807) is 0 Å². The lowest BCUT2D eigenvalue weighted by atomic mass is 10.2. The molecule has 1 nitrogen and oxygen atoms in total. The number of halogens is 1. The molecular formula is C10H12FO. The van der Waals surface area contributed by atoms with Crippen LogP contribution in [0.15, 0.2) is 30.3 Å². The summed E-state index contributed by atoms with van der Waals surface area (Å²) >= 11 is 0. The highest BCUT2D eigenvalue weighted by Gasteiger charge is 2.14. The molecule has 12 heavy (non-hydrogen) atoms. The number of benzene rings is 1. The zero-order chi connectivity index (χ0) is 9.03. The van der Waals surface area contributed by atoms with Crippen molar-refractivity contribution < 1.29 is 9.13 Å². The van der Waals surface area contributed by atoms with Gasteiger partial charge >= 0.3 is 0 Å². The first-order valence-electron chi connectivity index (χ1n) is 3.80. The fourth-order valence-electron chi connectivity index (χ4n) is 0.808. The van der Waals surface area contributed by atoms with Gasteiger partial charge in [-0.25, -0.2) is 4.39 Å². The molecule has 0 spiro atoms. The number of hydrogen-bond acceptors (Lipinski definition) is 1. The Morgan fingerprint density at radius 2 is 2.00 bits per heavy atom. The van der Waals surface area contributed by atoms with Crippen molar-refractivity contribution in [3.63, 3.8) is 0 Å². The van der Waals surface area contributed by atoms with Crippen molar-refractivity contribution in [3.8, 4) is 0 Å². The molecule has 1 atom stereocenters. The van der Waals surface area contributed by atoms with Crippen LogP contribution < -0.4 is 0 Å². The maximum Gasteiger partial charge on any atom is 0.206 e.